The molecular weight excluding hydrogens is 272 g/mol. The molecule has 4 nitrogen and oxygen atoms in total. The van der Waals surface area contributed by atoms with Crippen LogP contribution in [0.3, 0.4) is 0 Å². The smallest absolute Gasteiger partial charge is 0.239 e. The van der Waals surface area contributed by atoms with E-state index in [0.717, 1.165) is 15.7 Å². The Morgan fingerprint density at radius 3 is 2.81 bits per heavy atom. The Morgan fingerprint density at radius 1 is 1.56 bits per heavy atom. The average molecular weight is 287 g/mol. The van der Waals surface area contributed by atoms with Gasteiger partial charge in [0.05, 0.1) is 13.2 Å². The maximum absolute atomic E-state index is 11.3. The second-order valence-corrected chi connectivity index (χ2v) is 4.38. The molecule has 0 aliphatic rings. The monoisotopic (exact) mass is 286 g/mol. The Kier molecular flexibility index (Phi) is 4.76. The molecule has 0 aliphatic carbocycles. The fourth-order valence-corrected chi connectivity index (χ4v) is 1.75. The Bertz CT molecular complexity index is 382. The molecule has 0 fully saturated rings. The number of halogens is 1. The molecule has 0 spiro atoms. The number of nitrogens with one attached hydrogen (secondary N) is 1. The summed E-state index contributed by atoms with van der Waals surface area (Å²) < 4.78 is 0.920. The second-order valence-electron chi connectivity index (χ2n) is 3.46. The summed E-state index contributed by atoms with van der Waals surface area (Å²) in [4.78, 5) is 13.1. The van der Waals surface area contributed by atoms with E-state index in [-0.39, 0.29) is 19.1 Å². The van der Waals surface area contributed by atoms with Gasteiger partial charge in [0.15, 0.2) is 0 Å². The molecule has 0 saturated carbocycles. The van der Waals surface area contributed by atoms with Crippen LogP contribution in [-0.2, 0) is 11.4 Å². The average Bonchev–Trinajstić information content (AvgIpc) is 2.28. The Balaban J connectivity index is 2.92. The lowest BCUT2D eigenvalue weighted by molar-refractivity contribution is -0.119. The van der Waals surface area contributed by atoms with E-state index in [9.17, 15) is 9.90 Å². The van der Waals surface area contributed by atoms with E-state index in [0.29, 0.717) is 0 Å². The van der Waals surface area contributed by atoms with Gasteiger partial charge in [0.1, 0.15) is 0 Å². The first-order chi connectivity index (χ1) is 7.58. The molecular formula is C11H15BrN2O2. The highest BCUT2D eigenvalue weighted by Gasteiger charge is 2.10. The van der Waals surface area contributed by atoms with Crippen LogP contribution in [-0.4, -0.2) is 31.7 Å². The van der Waals surface area contributed by atoms with Crippen molar-refractivity contribution in [3.63, 3.8) is 0 Å². The topological polar surface area (TPSA) is 52.6 Å². The highest BCUT2D eigenvalue weighted by atomic mass is 79.9. The van der Waals surface area contributed by atoms with Crippen LogP contribution in [0.4, 0.5) is 5.69 Å². The Hall–Kier alpha value is -1.07. The normalized spacial score (nSPS) is 10.0. The number of likely N-dealkylation sites (N-methyl/N-ethyl adjacent to an activating group) is 2. The number of nitrogens with zero attached hydrogens (tertiary/aromatic N) is 1. The number of hydrogen-bond donors (Lipinski definition) is 2. The quantitative estimate of drug-likeness (QED) is 0.872. The highest BCUT2D eigenvalue weighted by Crippen LogP contribution is 2.24. The standard InChI is InChI=1S/C11H15BrN2O2/c1-13-11(16)6-14(2)10-5-9(12)4-3-8(10)7-15/h3-5,15H,6-7H2,1-2H3,(H,13,16). The van der Waals surface area contributed by atoms with Crippen LogP contribution in [0.1, 0.15) is 5.56 Å². The molecule has 0 aromatic heterocycles. The van der Waals surface area contributed by atoms with Gasteiger partial charge in [0, 0.05) is 29.8 Å². The summed E-state index contributed by atoms with van der Waals surface area (Å²) in [6.45, 7) is 0.223. The summed E-state index contributed by atoms with van der Waals surface area (Å²) in [6, 6.07) is 5.58. The van der Waals surface area contributed by atoms with Gasteiger partial charge in [-0.25, -0.2) is 0 Å². The zero-order valence-corrected chi connectivity index (χ0v) is 10.9. The van der Waals surface area contributed by atoms with Gasteiger partial charge in [-0.1, -0.05) is 22.0 Å². The van der Waals surface area contributed by atoms with Crippen LogP contribution in [0.15, 0.2) is 22.7 Å². The minimum Gasteiger partial charge on any atom is -0.392 e. The highest BCUT2D eigenvalue weighted by molar-refractivity contribution is 9.10. The summed E-state index contributed by atoms with van der Waals surface area (Å²) in [5.74, 6) is -0.0636. The van der Waals surface area contributed by atoms with E-state index < -0.39 is 0 Å². The van der Waals surface area contributed by atoms with Crippen LogP contribution >= 0.6 is 15.9 Å². The van der Waals surface area contributed by atoms with Crippen LogP contribution < -0.4 is 10.2 Å². The van der Waals surface area contributed by atoms with Crippen molar-refractivity contribution in [2.75, 3.05) is 25.5 Å². The molecule has 0 bridgehead atoms. The van der Waals surface area contributed by atoms with E-state index in [1.807, 2.05) is 25.2 Å². The first-order valence-electron chi connectivity index (χ1n) is 4.89. The number of aliphatic hydroxyl groups is 1. The van der Waals surface area contributed by atoms with E-state index in [4.69, 9.17) is 0 Å². The lowest BCUT2D eigenvalue weighted by Gasteiger charge is -2.21. The van der Waals surface area contributed by atoms with Gasteiger partial charge >= 0.3 is 0 Å². The molecule has 1 aromatic rings. The van der Waals surface area contributed by atoms with E-state index in [2.05, 4.69) is 21.2 Å². The van der Waals surface area contributed by atoms with E-state index >= 15 is 0 Å². The van der Waals surface area contributed by atoms with Gasteiger partial charge in [-0.2, -0.15) is 0 Å². The number of hydrogen-bond acceptors (Lipinski definition) is 3. The predicted molar refractivity (Wildman–Crippen MR) is 67.4 cm³/mol. The Morgan fingerprint density at radius 2 is 2.25 bits per heavy atom. The molecule has 0 unspecified atom stereocenters. The number of rotatable bonds is 4. The molecule has 2 N–H and O–H groups in total. The zero-order valence-electron chi connectivity index (χ0n) is 9.33. The van der Waals surface area contributed by atoms with Crippen LogP contribution in [0.2, 0.25) is 0 Å². The molecule has 0 aliphatic heterocycles. The number of aliphatic hydroxyl groups excluding tert-OH is 1. The van der Waals surface area contributed by atoms with Crippen molar-refractivity contribution in [2.45, 2.75) is 6.61 Å². The molecule has 1 aromatic carbocycles. The van der Waals surface area contributed by atoms with Crippen molar-refractivity contribution in [1.29, 1.82) is 0 Å². The fourth-order valence-electron chi connectivity index (χ4n) is 1.41. The van der Waals surface area contributed by atoms with Crippen molar-refractivity contribution in [1.82, 2.24) is 5.32 Å². The van der Waals surface area contributed by atoms with Crippen molar-refractivity contribution >= 4 is 27.5 Å². The summed E-state index contributed by atoms with van der Waals surface area (Å²) in [7, 11) is 3.42. The lowest BCUT2D eigenvalue weighted by atomic mass is 10.1. The molecule has 1 rings (SSSR count). The molecule has 0 atom stereocenters. The van der Waals surface area contributed by atoms with Crippen molar-refractivity contribution in [3.8, 4) is 0 Å². The third-order valence-corrected chi connectivity index (χ3v) is 2.78. The van der Waals surface area contributed by atoms with Gasteiger partial charge in [0.25, 0.3) is 0 Å². The van der Waals surface area contributed by atoms with E-state index in [1.165, 1.54) is 0 Å². The van der Waals surface area contributed by atoms with Crippen LogP contribution in [0, 0.1) is 0 Å². The summed E-state index contributed by atoms with van der Waals surface area (Å²) >= 11 is 3.37. The summed E-state index contributed by atoms with van der Waals surface area (Å²) in [5.41, 5.74) is 1.65. The van der Waals surface area contributed by atoms with Crippen molar-refractivity contribution in [2.24, 2.45) is 0 Å². The third-order valence-electron chi connectivity index (χ3n) is 2.29. The maximum Gasteiger partial charge on any atom is 0.239 e. The van der Waals surface area contributed by atoms with Crippen molar-refractivity contribution in [3.05, 3.63) is 28.2 Å². The zero-order chi connectivity index (χ0) is 12.1. The molecule has 16 heavy (non-hydrogen) atoms. The van der Waals surface area contributed by atoms with Crippen molar-refractivity contribution < 1.29 is 9.90 Å². The van der Waals surface area contributed by atoms with E-state index in [1.54, 1.807) is 11.9 Å². The lowest BCUT2D eigenvalue weighted by Crippen LogP contribution is -2.33. The van der Waals surface area contributed by atoms with Gasteiger partial charge in [-0.15, -0.1) is 0 Å². The second kappa shape index (κ2) is 5.86. The Labute approximate surface area is 103 Å². The molecule has 0 saturated heterocycles. The SMILES string of the molecule is CNC(=O)CN(C)c1cc(Br)ccc1CO. The van der Waals surface area contributed by atoms with Gasteiger partial charge < -0.3 is 15.3 Å². The number of benzene rings is 1. The molecule has 88 valence electrons. The van der Waals surface area contributed by atoms with Gasteiger partial charge in [-0.3, -0.25) is 4.79 Å². The first-order valence-corrected chi connectivity index (χ1v) is 5.68. The number of amides is 1. The number of carbonyl (C=O) groups is 1. The maximum atomic E-state index is 11.3. The molecule has 1 amide bonds. The minimum atomic E-state index is -0.0636. The number of anilines is 1. The van der Waals surface area contributed by atoms with Crippen LogP contribution in [0.25, 0.3) is 0 Å². The minimum absolute atomic E-state index is 0.0410. The van der Waals surface area contributed by atoms with Gasteiger partial charge in [0.2, 0.25) is 5.91 Å². The first kappa shape index (κ1) is 13.0. The largest absolute Gasteiger partial charge is 0.392 e. The molecule has 0 radical (unpaired) electrons. The fraction of sp³-hybridized carbons (Fsp3) is 0.364. The summed E-state index contributed by atoms with van der Waals surface area (Å²) in [5, 5.41) is 11.8. The number of carbonyl (C=O) groups excluding carboxylic acids is 1. The predicted octanol–water partition coefficient (Wildman–Crippen LogP) is 1.12. The van der Waals surface area contributed by atoms with Gasteiger partial charge in [-0.05, 0) is 12.1 Å². The third kappa shape index (κ3) is 3.21. The summed E-state index contributed by atoms with van der Waals surface area (Å²) in [6.07, 6.45) is 0. The van der Waals surface area contributed by atoms with Crippen LogP contribution in [0.5, 0.6) is 0 Å². The molecule has 0 heterocycles. The molecule has 5 heteroatoms.